The quantitative estimate of drug-likeness (QED) is 0.812. The molecule has 0 saturated carbocycles. The van der Waals surface area contributed by atoms with E-state index in [1.807, 2.05) is 41.7 Å². The number of hydrogen-bond donors (Lipinski definition) is 0. The van der Waals surface area contributed by atoms with E-state index in [4.69, 9.17) is 0 Å². The van der Waals surface area contributed by atoms with Crippen molar-refractivity contribution in [1.82, 2.24) is 19.4 Å². The van der Waals surface area contributed by atoms with Gasteiger partial charge in [-0.3, -0.25) is 14.7 Å². The van der Waals surface area contributed by atoms with Crippen molar-refractivity contribution in [3.63, 3.8) is 0 Å². The fourth-order valence-electron chi connectivity index (χ4n) is 3.44. The van der Waals surface area contributed by atoms with Gasteiger partial charge in [0.25, 0.3) is 0 Å². The van der Waals surface area contributed by atoms with Crippen LogP contribution >= 0.6 is 0 Å². The Hall–Kier alpha value is -2.14. The van der Waals surface area contributed by atoms with Gasteiger partial charge in [0, 0.05) is 57.5 Å². The van der Waals surface area contributed by atoms with Gasteiger partial charge >= 0.3 is 0 Å². The van der Waals surface area contributed by atoms with Gasteiger partial charge in [-0.2, -0.15) is 0 Å². The smallest absolute Gasteiger partial charge is 0.245 e. The highest BCUT2D eigenvalue weighted by Crippen LogP contribution is 2.21. The van der Waals surface area contributed by atoms with Crippen LogP contribution in [-0.2, 0) is 11.3 Å². The third kappa shape index (κ3) is 4.69. The van der Waals surface area contributed by atoms with Crippen LogP contribution in [0.4, 0.5) is 0 Å². The zero-order chi connectivity index (χ0) is 17.6. The zero-order valence-electron chi connectivity index (χ0n) is 15.2. The topological polar surface area (TPSA) is 41.4 Å². The van der Waals surface area contributed by atoms with Crippen LogP contribution in [0.1, 0.15) is 31.9 Å². The summed E-state index contributed by atoms with van der Waals surface area (Å²) in [6.45, 7) is 8.69. The van der Waals surface area contributed by atoms with Crippen LogP contribution < -0.4 is 0 Å². The van der Waals surface area contributed by atoms with Crippen LogP contribution in [0.5, 0.6) is 0 Å². The number of carbonyl (C=O) groups is 1. The van der Waals surface area contributed by atoms with Gasteiger partial charge in [0.1, 0.15) is 6.04 Å². The van der Waals surface area contributed by atoms with Crippen LogP contribution in [0.2, 0.25) is 0 Å². The minimum atomic E-state index is -0.0835. The third-order valence-corrected chi connectivity index (χ3v) is 4.78. The molecule has 3 rings (SSSR count). The van der Waals surface area contributed by atoms with Crippen LogP contribution in [0.3, 0.4) is 0 Å². The molecule has 0 radical (unpaired) electrons. The van der Waals surface area contributed by atoms with E-state index >= 15 is 0 Å². The lowest BCUT2D eigenvalue weighted by Crippen LogP contribution is -2.50. The Kier molecular flexibility index (Phi) is 5.87. The second kappa shape index (κ2) is 8.30. The molecule has 1 saturated heterocycles. The van der Waals surface area contributed by atoms with Gasteiger partial charge in [-0.15, -0.1) is 0 Å². The molecular formula is C20H28N4O. The molecule has 2 aromatic heterocycles. The van der Waals surface area contributed by atoms with Crippen molar-refractivity contribution in [3.8, 4) is 0 Å². The number of aromatic nitrogens is 2. The molecule has 2 aromatic rings. The molecular weight excluding hydrogens is 312 g/mol. The molecule has 0 N–H and O–H groups in total. The maximum atomic E-state index is 13.1. The van der Waals surface area contributed by atoms with Crippen molar-refractivity contribution in [1.29, 1.82) is 0 Å². The molecule has 134 valence electrons. The lowest BCUT2D eigenvalue weighted by Gasteiger charge is -2.37. The summed E-state index contributed by atoms with van der Waals surface area (Å²) in [5, 5.41) is 0. The van der Waals surface area contributed by atoms with Gasteiger partial charge in [-0.05, 0) is 36.1 Å². The highest BCUT2D eigenvalue weighted by Gasteiger charge is 2.28. The molecule has 25 heavy (non-hydrogen) atoms. The summed E-state index contributed by atoms with van der Waals surface area (Å²) in [7, 11) is 0. The summed E-state index contributed by atoms with van der Waals surface area (Å²) in [4.78, 5) is 21.7. The normalized spacial score (nSPS) is 17.0. The molecule has 0 aromatic carbocycles. The molecule has 0 spiro atoms. The van der Waals surface area contributed by atoms with Gasteiger partial charge in [0.05, 0.1) is 0 Å². The van der Waals surface area contributed by atoms with E-state index in [0.717, 1.165) is 39.1 Å². The van der Waals surface area contributed by atoms with Gasteiger partial charge in [0.15, 0.2) is 0 Å². The fraction of sp³-hybridized carbons (Fsp3) is 0.500. The summed E-state index contributed by atoms with van der Waals surface area (Å²) >= 11 is 0. The van der Waals surface area contributed by atoms with Crippen molar-refractivity contribution >= 4 is 5.91 Å². The number of rotatable bonds is 6. The van der Waals surface area contributed by atoms with E-state index in [-0.39, 0.29) is 11.9 Å². The average molecular weight is 340 g/mol. The summed E-state index contributed by atoms with van der Waals surface area (Å²) in [5.41, 5.74) is 1.23. The number of piperazine rings is 1. The summed E-state index contributed by atoms with van der Waals surface area (Å²) in [6.07, 6.45) is 8.61. The van der Waals surface area contributed by atoms with Crippen molar-refractivity contribution in [2.75, 3.05) is 26.2 Å². The monoisotopic (exact) mass is 340 g/mol. The summed E-state index contributed by atoms with van der Waals surface area (Å²) in [5.74, 6) is 0.745. The molecule has 0 aliphatic carbocycles. The predicted molar refractivity (Wildman–Crippen MR) is 99.0 cm³/mol. The largest absolute Gasteiger partial charge is 0.342 e. The van der Waals surface area contributed by atoms with Gasteiger partial charge in [0.2, 0.25) is 5.91 Å². The van der Waals surface area contributed by atoms with Crippen molar-refractivity contribution in [3.05, 3.63) is 54.6 Å². The lowest BCUT2D eigenvalue weighted by molar-refractivity contribution is -0.137. The Morgan fingerprint density at radius 3 is 2.44 bits per heavy atom. The van der Waals surface area contributed by atoms with Crippen LogP contribution in [0, 0.1) is 5.92 Å². The van der Waals surface area contributed by atoms with Gasteiger partial charge in [-0.25, -0.2) is 0 Å². The maximum Gasteiger partial charge on any atom is 0.245 e. The van der Waals surface area contributed by atoms with Gasteiger partial charge in [-0.1, -0.05) is 19.9 Å². The van der Waals surface area contributed by atoms with Crippen LogP contribution in [-0.4, -0.2) is 51.4 Å². The second-order valence-electron chi connectivity index (χ2n) is 7.24. The highest BCUT2D eigenvalue weighted by atomic mass is 16.2. The van der Waals surface area contributed by atoms with Crippen molar-refractivity contribution in [2.45, 2.75) is 32.9 Å². The first kappa shape index (κ1) is 17.7. The highest BCUT2D eigenvalue weighted by molar-refractivity contribution is 5.80. The van der Waals surface area contributed by atoms with Crippen LogP contribution in [0.25, 0.3) is 0 Å². The molecule has 1 aliphatic rings. The number of nitrogens with zero attached hydrogens (tertiary/aromatic N) is 4. The molecule has 1 aliphatic heterocycles. The standard InChI is InChI=1S/C20H28N4O/c1-17(2)14-19(23-8-3-4-9-23)20(25)24-12-10-22(11-13-24)16-18-6-5-7-21-15-18/h3-9,15,17,19H,10-14,16H2,1-2H3/t19-/m0/s1. The second-order valence-corrected chi connectivity index (χ2v) is 7.24. The molecule has 1 fully saturated rings. The number of pyridine rings is 1. The Bertz CT molecular complexity index is 646. The van der Waals surface area contributed by atoms with Crippen molar-refractivity contribution in [2.24, 2.45) is 5.92 Å². The first-order valence-corrected chi connectivity index (χ1v) is 9.16. The van der Waals surface area contributed by atoms with Crippen molar-refractivity contribution < 1.29 is 4.79 Å². The van der Waals surface area contributed by atoms with Gasteiger partial charge < -0.3 is 9.47 Å². The first-order valence-electron chi connectivity index (χ1n) is 9.16. The number of amides is 1. The van der Waals surface area contributed by atoms with E-state index in [1.54, 1.807) is 6.20 Å². The predicted octanol–water partition coefficient (Wildman–Crippen LogP) is 2.81. The maximum absolute atomic E-state index is 13.1. The minimum Gasteiger partial charge on any atom is -0.342 e. The molecule has 0 unspecified atom stereocenters. The zero-order valence-corrected chi connectivity index (χ0v) is 15.2. The molecule has 0 bridgehead atoms. The third-order valence-electron chi connectivity index (χ3n) is 4.78. The average Bonchev–Trinajstić information content (AvgIpc) is 3.15. The molecule has 1 atom stereocenters. The molecule has 1 amide bonds. The van der Waals surface area contributed by atoms with Crippen LogP contribution in [0.15, 0.2) is 49.1 Å². The Morgan fingerprint density at radius 2 is 1.84 bits per heavy atom. The molecule has 3 heterocycles. The minimum absolute atomic E-state index is 0.0835. The SMILES string of the molecule is CC(C)C[C@@H](C(=O)N1CCN(Cc2cccnc2)CC1)n1cccc1. The van der Waals surface area contributed by atoms with E-state index in [9.17, 15) is 4.79 Å². The Balaban J connectivity index is 1.58. The molecule has 5 nitrogen and oxygen atoms in total. The van der Waals surface area contributed by atoms with E-state index in [1.165, 1.54) is 5.56 Å². The Labute approximate surface area is 150 Å². The lowest BCUT2D eigenvalue weighted by atomic mass is 10.0. The summed E-state index contributed by atoms with van der Waals surface area (Å²) in [6, 6.07) is 7.98. The van der Waals surface area contributed by atoms with E-state index in [0.29, 0.717) is 5.92 Å². The fourth-order valence-corrected chi connectivity index (χ4v) is 3.44. The first-order chi connectivity index (χ1) is 12.1. The number of carbonyl (C=O) groups excluding carboxylic acids is 1. The van der Waals surface area contributed by atoms with E-state index < -0.39 is 0 Å². The Morgan fingerprint density at radius 1 is 1.12 bits per heavy atom. The van der Waals surface area contributed by atoms with E-state index in [2.05, 4.69) is 34.4 Å². The number of hydrogen-bond acceptors (Lipinski definition) is 3. The molecule has 5 heteroatoms. The summed E-state index contributed by atoms with van der Waals surface area (Å²) < 4.78 is 2.06.